The highest BCUT2D eigenvalue weighted by atomic mass is 14.9. The molecule has 1 aliphatic heterocycles. The van der Waals surface area contributed by atoms with E-state index >= 15 is 0 Å². The number of benzene rings is 1. The van der Waals surface area contributed by atoms with Gasteiger partial charge >= 0.3 is 0 Å². The van der Waals surface area contributed by atoms with Crippen LogP contribution >= 0.6 is 0 Å². The third kappa shape index (κ3) is 1.46. The van der Waals surface area contributed by atoms with Crippen LogP contribution < -0.4 is 5.32 Å². The molecule has 1 aromatic rings. The number of hydrogen-bond donors (Lipinski definition) is 1. The summed E-state index contributed by atoms with van der Waals surface area (Å²) in [6.45, 7) is 9.18. The first-order valence-corrected chi connectivity index (χ1v) is 5.49. The zero-order valence-electron chi connectivity index (χ0n) is 9.96. The second-order valence-corrected chi connectivity index (χ2v) is 5.48. The third-order valence-electron chi connectivity index (χ3n) is 3.70. The molecular weight excluding hydrogens is 182 g/mol. The van der Waals surface area contributed by atoms with Crippen molar-refractivity contribution >= 4 is 5.69 Å². The predicted octanol–water partition coefficient (Wildman–Crippen LogP) is 3.93. The number of anilines is 1. The topological polar surface area (TPSA) is 12.0 Å². The molecule has 80 valence electrons. The highest BCUT2D eigenvalue weighted by Gasteiger charge is 2.39. The van der Waals surface area contributed by atoms with Gasteiger partial charge in [-0.1, -0.05) is 52.0 Å². The molecule has 1 nitrogen and oxygen atoms in total. The summed E-state index contributed by atoms with van der Waals surface area (Å²) in [5.41, 5.74) is 2.95. The van der Waals surface area contributed by atoms with Crippen molar-refractivity contribution < 1.29 is 0 Å². The number of rotatable bonds is 0. The number of allylic oxidation sites excluding steroid dienone is 1. The van der Waals surface area contributed by atoms with Crippen LogP contribution in [-0.2, 0) is 5.41 Å². The van der Waals surface area contributed by atoms with E-state index in [0.717, 1.165) is 0 Å². The Morgan fingerprint density at radius 2 is 1.80 bits per heavy atom. The molecule has 0 fully saturated rings. The molecule has 0 radical (unpaired) electrons. The normalized spacial score (nSPS) is 24.5. The van der Waals surface area contributed by atoms with E-state index in [0.29, 0.717) is 0 Å². The molecule has 0 aliphatic carbocycles. The Morgan fingerprint density at radius 3 is 2.47 bits per heavy atom. The largest absolute Gasteiger partial charge is 0.362 e. The lowest BCUT2D eigenvalue weighted by molar-refractivity contribution is 0.258. The van der Waals surface area contributed by atoms with E-state index in [1.54, 1.807) is 0 Å². The van der Waals surface area contributed by atoms with E-state index in [1.807, 2.05) is 0 Å². The van der Waals surface area contributed by atoms with Gasteiger partial charge in [0.05, 0.1) is 0 Å². The standard InChI is InChI=1S/C14H19N/c1-13(2,3)14(4)9-10-15-12-8-6-5-7-11(12)14/h5-10,15H,1-4H3. The molecule has 0 amide bonds. The summed E-state index contributed by atoms with van der Waals surface area (Å²) in [6, 6.07) is 8.55. The molecule has 0 saturated heterocycles. The van der Waals surface area contributed by atoms with Crippen molar-refractivity contribution in [2.24, 2.45) is 5.41 Å². The van der Waals surface area contributed by atoms with Gasteiger partial charge in [-0.15, -0.1) is 0 Å². The van der Waals surface area contributed by atoms with E-state index in [2.05, 4.69) is 69.6 Å². The monoisotopic (exact) mass is 201 g/mol. The zero-order chi connectivity index (χ0) is 11.1. The first-order chi connectivity index (χ1) is 6.95. The molecule has 2 rings (SSSR count). The summed E-state index contributed by atoms with van der Waals surface area (Å²) in [5, 5.41) is 3.31. The molecule has 1 atom stereocenters. The van der Waals surface area contributed by atoms with Crippen LogP contribution in [0.15, 0.2) is 36.5 Å². The second-order valence-electron chi connectivity index (χ2n) is 5.48. The van der Waals surface area contributed by atoms with Crippen molar-refractivity contribution in [3.8, 4) is 0 Å². The molecule has 1 heterocycles. The lowest BCUT2D eigenvalue weighted by Crippen LogP contribution is -2.37. The number of nitrogens with one attached hydrogen (secondary N) is 1. The summed E-state index contributed by atoms with van der Waals surface area (Å²) in [7, 11) is 0. The van der Waals surface area contributed by atoms with Crippen LogP contribution in [0.1, 0.15) is 33.3 Å². The Balaban J connectivity index is 2.60. The summed E-state index contributed by atoms with van der Waals surface area (Å²) < 4.78 is 0. The molecule has 15 heavy (non-hydrogen) atoms. The molecule has 0 bridgehead atoms. The fourth-order valence-corrected chi connectivity index (χ4v) is 2.10. The van der Waals surface area contributed by atoms with E-state index < -0.39 is 0 Å². The lowest BCUT2D eigenvalue weighted by atomic mass is 9.63. The van der Waals surface area contributed by atoms with Gasteiger partial charge in [0.15, 0.2) is 0 Å². The summed E-state index contributed by atoms with van der Waals surface area (Å²) in [6.07, 6.45) is 4.34. The maximum atomic E-state index is 3.31. The number of para-hydroxylation sites is 1. The molecule has 0 saturated carbocycles. The summed E-state index contributed by atoms with van der Waals surface area (Å²) in [5.74, 6) is 0. The first kappa shape index (κ1) is 10.3. The molecule has 0 aromatic heterocycles. The smallest absolute Gasteiger partial charge is 0.0421 e. The highest BCUT2D eigenvalue weighted by molar-refractivity contribution is 5.61. The molecule has 1 unspecified atom stereocenters. The van der Waals surface area contributed by atoms with Crippen molar-refractivity contribution in [2.75, 3.05) is 5.32 Å². The Kier molecular flexibility index (Phi) is 2.14. The van der Waals surface area contributed by atoms with Crippen LogP contribution in [0.25, 0.3) is 0 Å². The van der Waals surface area contributed by atoms with Gasteiger partial charge in [0.1, 0.15) is 0 Å². The maximum absolute atomic E-state index is 3.31. The van der Waals surface area contributed by atoms with Gasteiger partial charge in [0.2, 0.25) is 0 Å². The zero-order valence-corrected chi connectivity index (χ0v) is 9.96. The molecule has 1 N–H and O–H groups in total. The van der Waals surface area contributed by atoms with Crippen molar-refractivity contribution in [3.05, 3.63) is 42.1 Å². The summed E-state index contributed by atoms with van der Waals surface area (Å²) in [4.78, 5) is 0. The Labute approximate surface area is 92.2 Å². The van der Waals surface area contributed by atoms with Gasteiger partial charge in [-0.2, -0.15) is 0 Å². The Bertz CT molecular complexity index is 398. The minimum atomic E-state index is 0.106. The SMILES string of the molecule is CC(C)(C)C1(C)C=CNc2ccccc21. The predicted molar refractivity (Wildman–Crippen MR) is 66.0 cm³/mol. The highest BCUT2D eigenvalue weighted by Crippen LogP contribution is 2.46. The van der Waals surface area contributed by atoms with Crippen LogP contribution in [-0.4, -0.2) is 0 Å². The fourth-order valence-electron chi connectivity index (χ4n) is 2.10. The van der Waals surface area contributed by atoms with Crippen LogP contribution in [0.2, 0.25) is 0 Å². The minimum Gasteiger partial charge on any atom is -0.362 e. The van der Waals surface area contributed by atoms with Crippen molar-refractivity contribution in [2.45, 2.75) is 33.1 Å². The van der Waals surface area contributed by atoms with Gasteiger partial charge in [-0.05, 0) is 23.2 Å². The van der Waals surface area contributed by atoms with Crippen LogP contribution in [0.5, 0.6) is 0 Å². The van der Waals surface area contributed by atoms with Crippen molar-refractivity contribution in [1.29, 1.82) is 0 Å². The molecule has 1 aromatic carbocycles. The fraction of sp³-hybridized carbons (Fsp3) is 0.429. The molecule has 0 spiro atoms. The molecular formula is C14H19N. The van der Waals surface area contributed by atoms with Gasteiger partial charge in [0, 0.05) is 11.1 Å². The number of hydrogen-bond acceptors (Lipinski definition) is 1. The van der Waals surface area contributed by atoms with E-state index in [1.165, 1.54) is 11.3 Å². The first-order valence-electron chi connectivity index (χ1n) is 5.49. The van der Waals surface area contributed by atoms with Gasteiger partial charge < -0.3 is 5.32 Å². The average molecular weight is 201 g/mol. The van der Waals surface area contributed by atoms with E-state index in [-0.39, 0.29) is 10.8 Å². The van der Waals surface area contributed by atoms with Gasteiger partial charge in [-0.3, -0.25) is 0 Å². The van der Waals surface area contributed by atoms with Crippen LogP contribution in [0, 0.1) is 5.41 Å². The van der Waals surface area contributed by atoms with E-state index in [9.17, 15) is 0 Å². The second kappa shape index (κ2) is 3.13. The average Bonchev–Trinajstić information content (AvgIpc) is 2.17. The van der Waals surface area contributed by atoms with Crippen LogP contribution in [0.3, 0.4) is 0 Å². The summed E-state index contributed by atoms with van der Waals surface area (Å²) >= 11 is 0. The lowest BCUT2D eigenvalue weighted by Gasteiger charge is -2.43. The Morgan fingerprint density at radius 1 is 1.13 bits per heavy atom. The van der Waals surface area contributed by atoms with Gasteiger partial charge in [-0.25, -0.2) is 0 Å². The third-order valence-corrected chi connectivity index (χ3v) is 3.70. The van der Waals surface area contributed by atoms with Crippen molar-refractivity contribution in [1.82, 2.24) is 0 Å². The van der Waals surface area contributed by atoms with Gasteiger partial charge in [0.25, 0.3) is 0 Å². The quantitative estimate of drug-likeness (QED) is 0.670. The number of fused-ring (bicyclic) bond motifs is 1. The molecule has 1 heteroatoms. The molecule has 1 aliphatic rings. The van der Waals surface area contributed by atoms with E-state index in [4.69, 9.17) is 0 Å². The van der Waals surface area contributed by atoms with Crippen molar-refractivity contribution in [3.63, 3.8) is 0 Å². The van der Waals surface area contributed by atoms with Crippen LogP contribution in [0.4, 0.5) is 5.69 Å². The minimum absolute atomic E-state index is 0.106. The Hall–Kier alpha value is -1.24. The maximum Gasteiger partial charge on any atom is 0.0421 e.